The number of aryl methyl sites for hydroxylation is 1. The van der Waals surface area contributed by atoms with Gasteiger partial charge >= 0.3 is 6.09 Å². The number of hydrogen-bond acceptors (Lipinski definition) is 6. The summed E-state index contributed by atoms with van der Waals surface area (Å²) in [5.41, 5.74) is 1.74. The fourth-order valence-corrected chi connectivity index (χ4v) is 6.75. The molecule has 0 radical (unpaired) electrons. The molecule has 5 atom stereocenters. The van der Waals surface area contributed by atoms with Crippen molar-refractivity contribution in [1.29, 1.82) is 0 Å². The van der Waals surface area contributed by atoms with Crippen LogP contribution in [0.4, 0.5) is 4.79 Å². The zero-order valence-electron chi connectivity index (χ0n) is 23.0. The first-order valence-corrected chi connectivity index (χ1v) is 14.6. The van der Waals surface area contributed by atoms with E-state index in [0.717, 1.165) is 31.2 Å². The first kappa shape index (κ1) is 28.3. The first-order chi connectivity index (χ1) is 18.0. The van der Waals surface area contributed by atoms with E-state index in [1.54, 1.807) is 44.4 Å². The SMILES string of the molecule is C[C@@H](C(=O)N[C@H]1CCS[C@H]2CC[C@@H](C(=O)N[C@@H]3CCCc4ccccc43)N2C1=O)N(C)C(=O)OC(C)(C)C. The second-order valence-corrected chi connectivity index (χ2v) is 12.7. The van der Waals surface area contributed by atoms with E-state index in [4.69, 9.17) is 4.74 Å². The van der Waals surface area contributed by atoms with E-state index in [0.29, 0.717) is 18.6 Å². The molecule has 4 amide bonds. The maximum Gasteiger partial charge on any atom is 0.410 e. The number of amides is 4. The van der Waals surface area contributed by atoms with Crippen molar-refractivity contribution in [2.75, 3.05) is 12.8 Å². The number of fused-ring (bicyclic) bond motifs is 2. The average molecular weight is 545 g/mol. The molecule has 38 heavy (non-hydrogen) atoms. The van der Waals surface area contributed by atoms with Crippen LogP contribution in [-0.4, -0.2) is 75.5 Å². The van der Waals surface area contributed by atoms with E-state index < -0.39 is 35.7 Å². The van der Waals surface area contributed by atoms with Crippen molar-refractivity contribution >= 4 is 35.6 Å². The van der Waals surface area contributed by atoms with E-state index in [1.165, 1.54) is 17.5 Å². The van der Waals surface area contributed by atoms with Crippen LogP contribution >= 0.6 is 11.8 Å². The van der Waals surface area contributed by atoms with Gasteiger partial charge in [-0.25, -0.2) is 4.79 Å². The van der Waals surface area contributed by atoms with E-state index >= 15 is 0 Å². The Morgan fingerprint density at radius 3 is 2.55 bits per heavy atom. The minimum absolute atomic E-state index is 0.0547. The summed E-state index contributed by atoms with van der Waals surface area (Å²) in [4.78, 5) is 55.6. The van der Waals surface area contributed by atoms with Gasteiger partial charge in [0.25, 0.3) is 0 Å². The van der Waals surface area contributed by atoms with Crippen molar-refractivity contribution in [3.63, 3.8) is 0 Å². The topological polar surface area (TPSA) is 108 Å². The third-order valence-electron chi connectivity index (χ3n) is 7.55. The van der Waals surface area contributed by atoms with E-state index in [1.807, 2.05) is 12.1 Å². The monoisotopic (exact) mass is 544 g/mol. The Morgan fingerprint density at radius 1 is 1.08 bits per heavy atom. The van der Waals surface area contributed by atoms with Gasteiger partial charge in [-0.05, 0) is 83.1 Å². The maximum atomic E-state index is 13.7. The highest BCUT2D eigenvalue weighted by molar-refractivity contribution is 7.99. The third kappa shape index (κ3) is 6.27. The zero-order chi connectivity index (χ0) is 27.6. The molecule has 2 fully saturated rings. The lowest BCUT2D eigenvalue weighted by Crippen LogP contribution is -2.57. The summed E-state index contributed by atoms with van der Waals surface area (Å²) in [6.07, 6.45) is 4.11. The van der Waals surface area contributed by atoms with Crippen LogP contribution in [0.2, 0.25) is 0 Å². The number of rotatable bonds is 5. The molecule has 2 heterocycles. The van der Waals surface area contributed by atoms with Gasteiger partial charge in [0.05, 0.1) is 11.4 Å². The molecule has 0 bridgehead atoms. The Morgan fingerprint density at radius 2 is 1.82 bits per heavy atom. The third-order valence-corrected chi connectivity index (χ3v) is 8.87. The molecule has 1 aromatic rings. The van der Waals surface area contributed by atoms with Gasteiger partial charge in [0.1, 0.15) is 23.7 Å². The Hall–Kier alpha value is -2.75. The molecule has 0 aromatic heterocycles. The molecule has 3 aliphatic rings. The van der Waals surface area contributed by atoms with Gasteiger partial charge in [-0.1, -0.05) is 24.3 Å². The molecule has 2 aliphatic heterocycles. The highest BCUT2D eigenvalue weighted by atomic mass is 32.2. The standard InChI is InChI=1S/C28H40N4O5S/c1-17(31(5)27(36)37-28(2,3)4)24(33)30-21-15-16-38-23-14-13-22(32(23)26(21)35)25(34)29-20-12-8-10-18-9-6-7-11-19(18)20/h6-7,9,11,17,20-23H,8,10,12-16H2,1-5H3,(H,29,34)(H,30,33)/t17-,20+,21-,22-,23-/m0/s1. The van der Waals surface area contributed by atoms with Crippen LogP contribution in [0.3, 0.4) is 0 Å². The number of likely N-dealkylation sites (N-methyl/N-ethyl adjacent to an activating group) is 1. The molecule has 1 aliphatic carbocycles. The predicted octanol–water partition coefficient (Wildman–Crippen LogP) is 3.37. The molecular weight excluding hydrogens is 504 g/mol. The van der Waals surface area contributed by atoms with Crippen molar-refractivity contribution in [2.24, 2.45) is 0 Å². The van der Waals surface area contributed by atoms with Gasteiger partial charge in [-0.3, -0.25) is 19.3 Å². The lowest BCUT2D eigenvalue weighted by molar-refractivity contribution is -0.142. The molecule has 0 spiro atoms. The number of ether oxygens (including phenoxy) is 1. The van der Waals surface area contributed by atoms with Crippen LogP contribution in [0.1, 0.15) is 77.0 Å². The van der Waals surface area contributed by atoms with Crippen molar-refractivity contribution in [3.8, 4) is 0 Å². The maximum absolute atomic E-state index is 13.7. The Kier molecular flexibility index (Phi) is 8.59. The number of benzene rings is 1. The number of nitrogens with one attached hydrogen (secondary N) is 2. The highest BCUT2D eigenvalue weighted by Crippen LogP contribution is 2.37. The number of carbonyl (C=O) groups is 4. The summed E-state index contributed by atoms with van der Waals surface area (Å²) >= 11 is 1.66. The lowest BCUT2D eigenvalue weighted by atomic mass is 9.87. The van der Waals surface area contributed by atoms with Crippen LogP contribution in [0, 0.1) is 0 Å². The summed E-state index contributed by atoms with van der Waals surface area (Å²) in [5.74, 6) is -0.104. The second-order valence-electron chi connectivity index (χ2n) is 11.4. The van der Waals surface area contributed by atoms with Gasteiger partial charge in [-0.15, -0.1) is 11.8 Å². The number of carbonyl (C=O) groups excluding carboxylic acids is 4. The van der Waals surface area contributed by atoms with Crippen molar-refractivity contribution in [2.45, 2.75) is 101 Å². The van der Waals surface area contributed by atoms with Gasteiger partial charge in [0.15, 0.2) is 0 Å². The second kappa shape index (κ2) is 11.6. The molecule has 0 unspecified atom stereocenters. The molecule has 1 aromatic carbocycles. The summed E-state index contributed by atoms with van der Waals surface area (Å²) in [5, 5.41) is 5.99. The van der Waals surface area contributed by atoms with Gasteiger partial charge in [0, 0.05) is 7.05 Å². The van der Waals surface area contributed by atoms with Crippen LogP contribution in [0.25, 0.3) is 0 Å². The van der Waals surface area contributed by atoms with Crippen molar-refractivity contribution in [3.05, 3.63) is 35.4 Å². The van der Waals surface area contributed by atoms with Gasteiger partial charge in [0.2, 0.25) is 17.7 Å². The van der Waals surface area contributed by atoms with Crippen molar-refractivity contribution < 1.29 is 23.9 Å². The van der Waals surface area contributed by atoms with E-state index in [9.17, 15) is 19.2 Å². The quantitative estimate of drug-likeness (QED) is 0.589. The van der Waals surface area contributed by atoms with Crippen LogP contribution < -0.4 is 10.6 Å². The van der Waals surface area contributed by atoms with Gasteiger partial charge in [-0.2, -0.15) is 0 Å². The first-order valence-electron chi connectivity index (χ1n) is 13.5. The van der Waals surface area contributed by atoms with Crippen LogP contribution in [-0.2, 0) is 25.5 Å². The molecule has 9 nitrogen and oxygen atoms in total. The fraction of sp³-hybridized carbons (Fsp3) is 0.643. The molecular formula is C28H40N4O5S. The van der Waals surface area contributed by atoms with E-state index in [2.05, 4.69) is 22.8 Å². The minimum Gasteiger partial charge on any atom is -0.444 e. The largest absolute Gasteiger partial charge is 0.444 e. The highest BCUT2D eigenvalue weighted by Gasteiger charge is 2.46. The molecule has 2 N–H and O–H groups in total. The molecule has 10 heteroatoms. The smallest absolute Gasteiger partial charge is 0.410 e. The summed E-state index contributed by atoms with van der Waals surface area (Å²) in [6, 6.07) is 6.02. The molecule has 2 saturated heterocycles. The summed E-state index contributed by atoms with van der Waals surface area (Å²) in [7, 11) is 1.50. The average Bonchev–Trinajstić information content (AvgIpc) is 3.23. The fourth-order valence-electron chi connectivity index (χ4n) is 5.39. The number of hydrogen-bond donors (Lipinski definition) is 2. The number of thioether (sulfide) groups is 1. The van der Waals surface area contributed by atoms with Gasteiger partial charge < -0.3 is 20.3 Å². The number of nitrogens with zero attached hydrogens (tertiary/aromatic N) is 2. The zero-order valence-corrected chi connectivity index (χ0v) is 23.8. The molecule has 208 valence electrons. The Labute approximate surface area is 229 Å². The Bertz CT molecular complexity index is 1070. The Balaban J connectivity index is 1.42. The van der Waals surface area contributed by atoms with Crippen LogP contribution in [0.15, 0.2) is 24.3 Å². The molecule has 0 saturated carbocycles. The van der Waals surface area contributed by atoms with E-state index in [-0.39, 0.29) is 23.2 Å². The molecule has 4 rings (SSSR count). The van der Waals surface area contributed by atoms with Crippen LogP contribution in [0.5, 0.6) is 0 Å². The summed E-state index contributed by atoms with van der Waals surface area (Å²) < 4.78 is 5.37. The minimum atomic E-state index is -0.826. The normalized spacial score (nSPS) is 25.9. The van der Waals surface area contributed by atoms with Crippen molar-refractivity contribution in [1.82, 2.24) is 20.4 Å². The summed E-state index contributed by atoms with van der Waals surface area (Å²) in [6.45, 7) is 6.89. The predicted molar refractivity (Wildman–Crippen MR) is 146 cm³/mol. The lowest BCUT2D eigenvalue weighted by Gasteiger charge is -2.33.